The number of nitrogens with zero attached hydrogens (tertiary/aromatic N) is 3. The van der Waals surface area contributed by atoms with Crippen molar-refractivity contribution in [3.8, 4) is 11.5 Å². The van der Waals surface area contributed by atoms with Gasteiger partial charge in [0.25, 0.3) is 0 Å². The third kappa shape index (κ3) is 3.10. The summed E-state index contributed by atoms with van der Waals surface area (Å²) < 4.78 is 45.4. The molecule has 0 bridgehead atoms. The van der Waals surface area contributed by atoms with E-state index >= 15 is 0 Å². The summed E-state index contributed by atoms with van der Waals surface area (Å²) in [5.74, 6) is 0.272. The van der Waals surface area contributed by atoms with Crippen molar-refractivity contribution >= 4 is 21.4 Å². The Hall–Kier alpha value is -2.10. The van der Waals surface area contributed by atoms with E-state index in [-0.39, 0.29) is 17.4 Å². The second-order valence-electron chi connectivity index (χ2n) is 5.76. The molecule has 1 atom stereocenters. The van der Waals surface area contributed by atoms with E-state index < -0.39 is 15.8 Å². The summed E-state index contributed by atoms with van der Waals surface area (Å²) in [6.45, 7) is 0.630. The van der Waals surface area contributed by atoms with Crippen molar-refractivity contribution in [1.82, 2.24) is 14.5 Å². The monoisotopic (exact) mass is 379 g/mol. The molecule has 1 aliphatic rings. The zero-order valence-corrected chi connectivity index (χ0v) is 14.6. The molecule has 9 heteroatoms. The highest BCUT2D eigenvalue weighted by Crippen LogP contribution is 2.32. The highest BCUT2D eigenvalue weighted by Gasteiger charge is 2.35. The molecule has 0 unspecified atom stereocenters. The number of benzene rings is 1. The van der Waals surface area contributed by atoms with Gasteiger partial charge < -0.3 is 4.42 Å². The normalized spacial score (nSPS) is 18.7. The summed E-state index contributed by atoms with van der Waals surface area (Å²) in [6, 6.07) is 6.73. The fraction of sp³-hybridized carbons (Fsp3) is 0.250. The lowest BCUT2D eigenvalue weighted by atomic mass is 10.1. The van der Waals surface area contributed by atoms with Gasteiger partial charge in [-0.1, -0.05) is 0 Å². The molecule has 1 fully saturated rings. The van der Waals surface area contributed by atoms with Crippen LogP contribution in [0.2, 0.25) is 0 Å². The number of hydrogen-bond acceptors (Lipinski definition) is 6. The van der Waals surface area contributed by atoms with E-state index in [1.165, 1.54) is 27.8 Å². The number of sulfonamides is 1. The lowest BCUT2D eigenvalue weighted by Gasteiger charge is -2.15. The maximum atomic E-state index is 13.0. The first-order valence-electron chi connectivity index (χ1n) is 7.66. The SMILES string of the molecule is O=S(=O)(c1ccc(F)cc1)N1CC[C@@H](c2nnc(-c3ccsc3)o2)C1. The minimum Gasteiger partial charge on any atom is -0.420 e. The largest absolute Gasteiger partial charge is 0.420 e. The van der Waals surface area contributed by atoms with Gasteiger partial charge in [0, 0.05) is 24.0 Å². The molecule has 2 aromatic heterocycles. The number of thiophene rings is 1. The van der Waals surface area contributed by atoms with E-state index in [0.717, 1.165) is 17.7 Å². The molecule has 3 aromatic rings. The molecule has 0 N–H and O–H groups in total. The summed E-state index contributed by atoms with van der Waals surface area (Å²) in [5, 5.41) is 11.9. The van der Waals surface area contributed by atoms with E-state index in [9.17, 15) is 12.8 Å². The molecule has 0 radical (unpaired) electrons. The van der Waals surface area contributed by atoms with Crippen LogP contribution in [0, 0.1) is 5.82 Å². The Morgan fingerprint density at radius 2 is 2.00 bits per heavy atom. The van der Waals surface area contributed by atoms with Gasteiger partial charge in [-0.3, -0.25) is 0 Å². The van der Waals surface area contributed by atoms with E-state index in [1.54, 1.807) is 0 Å². The average Bonchev–Trinajstić information content (AvgIpc) is 3.34. The molecule has 0 aliphatic carbocycles. The minimum atomic E-state index is -3.65. The van der Waals surface area contributed by atoms with Gasteiger partial charge in [-0.05, 0) is 42.1 Å². The molecule has 1 aliphatic heterocycles. The topological polar surface area (TPSA) is 76.3 Å². The van der Waals surface area contributed by atoms with Gasteiger partial charge in [-0.15, -0.1) is 10.2 Å². The van der Waals surface area contributed by atoms with Crippen molar-refractivity contribution in [2.75, 3.05) is 13.1 Å². The number of aromatic nitrogens is 2. The average molecular weight is 379 g/mol. The van der Waals surface area contributed by atoms with Crippen LogP contribution in [-0.4, -0.2) is 36.0 Å². The smallest absolute Gasteiger partial charge is 0.248 e. The van der Waals surface area contributed by atoms with Crippen molar-refractivity contribution in [2.24, 2.45) is 0 Å². The van der Waals surface area contributed by atoms with Crippen molar-refractivity contribution < 1.29 is 17.2 Å². The fourth-order valence-corrected chi connectivity index (χ4v) is 4.94. The van der Waals surface area contributed by atoms with Crippen molar-refractivity contribution in [3.63, 3.8) is 0 Å². The molecular formula is C16H14FN3O3S2. The number of hydrogen-bond donors (Lipinski definition) is 0. The summed E-state index contributed by atoms with van der Waals surface area (Å²) in [5.41, 5.74) is 0.859. The highest BCUT2D eigenvalue weighted by atomic mass is 32.2. The lowest BCUT2D eigenvalue weighted by Crippen LogP contribution is -2.28. The van der Waals surface area contributed by atoms with Crippen molar-refractivity contribution in [2.45, 2.75) is 17.2 Å². The van der Waals surface area contributed by atoms with Crippen LogP contribution >= 0.6 is 11.3 Å². The predicted molar refractivity (Wildman–Crippen MR) is 90.1 cm³/mol. The Morgan fingerprint density at radius 3 is 2.72 bits per heavy atom. The minimum absolute atomic E-state index is 0.0824. The van der Waals surface area contributed by atoms with Gasteiger partial charge >= 0.3 is 0 Å². The van der Waals surface area contributed by atoms with Crippen LogP contribution in [0.1, 0.15) is 18.2 Å². The first-order valence-corrected chi connectivity index (χ1v) is 10.0. The third-order valence-corrected chi connectivity index (χ3v) is 6.72. The Balaban J connectivity index is 1.52. The maximum absolute atomic E-state index is 13.0. The van der Waals surface area contributed by atoms with Gasteiger partial charge in [0.1, 0.15) is 5.82 Å². The van der Waals surface area contributed by atoms with E-state index in [4.69, 9.17) is 4.42 Å². The molecule has 0 spiro atoms. The molecule has 25 heavy (non-hydrogen) atoms. The Bertz CT molecular complexity index is 968. The van der Waals surface area contributed by atoms with Crippen LogP contribution in [0.4, 0.5) is 4.39 Å². The van der Waals surface area contributed by atoms with Crippen LogP contribution < -0.4 is 0 Å². The zero-order valence-electron chi connectivity index (χ0n) is 13.0. The van der Waals surface area contributed by atoms with Gasteiger partial charge in [0.2, 0.25) is 21.8 Å². The quantitative estimate of drug-likeness (QED) is 0.696. The van der Waals surface area contributed by atoms with Gasteiger partial charge in [0.15, 0.2) is 0 Å². The summed E-state index contributed by atoms with van der Waals surface area (Å²) in [7, 11) is -3.65. The van der Waals surface area contributed by atoms with Crippen LogP contribution in [-0.2, 0) is 10.0 Å². The lowest BCUT2D eigenvalue weighted by molar-refractivity contribution is 0.440. The van der Waals surface area contributed by atoms with Crippen LogP contribution in [0.3, 0.4) is 0 Å². The Kier molecular flexibility index (Phi) is 4.14. The number of halogens is 1. The van der Waals surface area contributed by atoms with E-state index in [0.29, 0.717) is 24.7 Å². The molecule has 4 rings (SSSR count). The molecule has 3 heterocycles. The van der Waals surface area contributed by atoms with E-state index in [2.05, 4.69) is 10.2 Å². The first-order chi connectivity index (χ1) is 12.0. The van der Waals surface area contributed by atoms with Crippen LogP contribution in [0.5, 0.6) is 0 Å². The first kappa shape index (κ1) is 16.4. The fourth-order valence-electron chi connectivity index (χ4n) is 2.81. The Morgan fingerprint density at radius 1 is 1.20 bits per heavy atom. The van der Waals surface area contributed by atoms with Crippen LogP contribution in [0.25, 0.3) is 11.5 Å². The van der Waals surface area contributed by atoms with Gasteiger partial charge in [-0.2, -0.15) is 15.6 Å². The van der Waals surface area contributed by atoms with Crippen LogP contribution in [0.15, 0.2) is 50.4 Å². The molecule has 6 nitrogen and oxygen atoms in total. The maximum Gasteiger partial charge on any atom is 0.248 e. The van der Waals surface area contributed by atoms with Gasteiger partial charge in [-0.25, -0.2) is 12.8 Å². The predicted octanol–water partition coefficient (Wildman–Crippen LogP) is 3.12. The summed E-state index contributed by atoms with van der Waals surface area (Å²) in [6.07, 6.45) is 0.603. The molecule has 1 saturated heterocycles. The van der Waals surface area contributed by atoms with Gasteiger partial charge in [0.05, 0.1) is 10.8 Å². The molecular weight excluding hydrogens is 365 g/mol. The second-order valence-corrected chi connectivity index (χ2v) is 8.48. The summed E-state index contributed by atoms with van der Waals surface area (Å²) >= 11 is 1.54. The summed E-state index contributed by atoms with van der Waals surface area (Å²) in [4.78, 5) is 0.0824. The standard InChI is InChI=1S/C16H14FN3O3S2/c17-13-1-3-14(4-2-13)25(21,22)20-7-5-11(9-20)15-18-19-16(23-15)12-6-8-24-10-12/h1-4,6,8,10-11H,5,7,9H2/t11-/m1/s1. The molecule has 130 valence electrons. The second kappa shape index (κ2) is 6.32. The zero-order chi connectivity index (χ0) is 17.4. The molecule has 0 saturated carbocycles. The van der Waals surface area contributed by atoms with Crippen molar-refractivity contribution in [3.05, 3.63) is 52.8 Å². The Labute approximate surface area is 148 Å². The van der Waals surface area contributed by atoms with E-state index in [1.807, 2.05) is 16.8 Å². The van der Waals surface area contributed by atoms with Crippen molar-refractivity contribution in [1.29, 1.82) is 0 Å². The highest BCUT2D eigenvalue weighted by molar-refractivity contribution is 7.89. The molecule has 0 amide bonds. The molecule has 1 aromatic carbocycles. The third-order valence-electron chi connectivity index (χ3n) is 4.16. The number of rotatable bonds is 4.